The molecule has 3 heterocycles. The number of pyridine rings is 1. The lowest BCUT2D eigenvalue weighted by Crippen LogP contribution is -2.29. The van der Waals surface area contributed by atoms with Crippen molar-refractivity contribution in [3.8, 4) is 6.07 Å². The number of allylic oxidation sites excluding steroid dienone is 5. The standard InChI is InChI=1S/C36H29N3O/c37-20-23-19-26(22-38-21-23)24-13-15-25(16-14-24)27-7-1-4-10-31(27)39-32-11-5-2-9-30(32)35-33(39)18-17-29-28-8-3-6-12-34(28)40-36(29)35/h1-2,4-7,9-13,17-19,21-22,25,30,32H,3,8,14-16H2. The third kappa shape index (κ3) is 3.54. The van der Waals surface area contributed by atoms with Crippen LogP contribution in [0.2, 0.25) is 0 Å². The summed E-state index contributed by atoms with van der Waals surface area (Å²) in [4.78, 5) is 6.84. The molecule has 4 aromatic rings. The van der Waals surface area contributed by atoms with Crippen molar-refractivity contribution in [2.45, 2.75) is 50.0 Å². The molecule has 4 nitrogen and oxygen atoms in total. The maximum Gasteiger partial charge on any atom is 0.141 e. The summed E-state index contributed by atoms with van der Waals surface area (Å²) in [6.07, 6.45) is 24.5. The highest BCUT2D eigenvalue weighted by molar-refractivity contribution is 5.95. The number of hydrogen-bond acceptors (Lipinski definition) is 4. The summed E-state index contributed by atoms with van der Waals surface area (Å²) in [6.45, 7) is 0. The molecule has 0 N–H and O–H groups in total. The first-order valence-corrected chi connectivity index (χ1v) is 14.3. The van der Waals surface area contributed by atoms with Gasteiger partial charge in [0.25, 0.3) is 0 Å². The minimum absolute atomic E-state index is 0.221. The van der Waals surface area contributed by atoms with Crippen LogP contribution in [0, 0.1) is 11.3 Å². The molecule has 0 fully saturated rings. The van der Waals surface area contributed by atoms with Crippen LogP contribution in [0.3, 0.4) is 0 Å². The third-order valence-corrected chi connectivity index (χ3v) is 9.12. The molecule has 194 valence electrons. The second-order valence-electron chi connectivity index (χ2n) is 11.3. The van der Waals surface area contributed by atoms with Crippen LogP contribution in [-0.2, 0) is 6.42 Å². The van der Waals surface area contributed by atoms with E-state index in [4.69, 9.17) is 4.42 Å². The number of furan rings is 1. The van der Waals surface area contributed by atoms with E-state index in [2.05, 4.69) is 94.9 Å². The van der Waals surface area contributed by atoms with E-state index in [-0.39, 0.29) is 12.0 Å². The highest BCUT2D eigenvalue weighted by Gasteiger charge is 2.41. The van der Waals surface area contributed by atoms with Gasteiger partial charge in [-0.05, 0) is 85.1 Å². The first-order chi connectivity index (χ1) is 19.8. The van der Waals surface area contributed by atoms with Crippen LogP contribution in [-0.4, -0.2) is 11.0 Å². The zero-order chi connectivity index (χ0) is 26.6. The number of rotatable bonds is 3. The van der Waals surface area contributed by atoms with E-state index in [0.717, 1.165) is 49.0 Å². The Morgan fingerprint density at radius 1 is 1.00 bits per heavy atom. The van der Waals surface area contributed by atoms with Gasteiger partial charge in [-0.3, -0.25) is 4.98 Å². The molecule has 4 aliphatic rings. The number of benzene rings is 2. The molecule has 0 bridgehead atoms. The molecule has 2 aromatic heterocycles. The van der Waals surface area contributed by atoms with E-state index >= 15 is 0 Å². The van der Waals surface area contributed by atoms with Gasteiger partial charge < -0.3 is 9.32 Å². The number of nitriles is 1. The number of aromatic nitrogens is 1. The van der Waals surface area contributed by atoms with Crippen molar-refractivity contribution in [1.82, 2.24) is 4.98 Å². The van der Waals surface area contributed by atoms with Gasteiger partial charge in [-0.2, -0.15) is 5.26 Å². The minimum atomic E-state index is 0.221. The van der Waals surface area contributed by atoms with E-state index in [9.17, 15) is 5.26 Å². The molecule has 0 amide bonds. The molecule has 0 radical (unpaired) electrons. The molecule has 2 aromatic carbocycles. The Kier molecular flexibility index (Phi) is 5.38. The summed E-state index contributed by atoms with van der Waals surface area (Å²) in [7, 11) is 0. The molecule has 0 saturated heterocycles. The fourth-order valence-electron chi connectivity index (χ4n) is 7.25. The van der Waals surface area contributed by atoms with Gasteiger partial charge in [0, 0.05) is 46.2 Å². The van der Waals surface area contributed by atoms with Gasteiger partial charge in [-0.15, -0.1) is 0 Å². The lowest BCUT2D eigenvalue weighted by Gasteiger charge is -2.33. The number of fused-ring (bicyclic) bond motifs is 7. The second-order valence-corrected chi connectivity index (χ2v) is 11.3. The van der Waals surface area contributed by atoms with Crippen molar-refractivity contribution in [3.05, 3.63) is 125 Å². The maximum atomic E-state index is 9.31. The van der Waals surface area contributed by atoms with Crippen molar-refractivity contribution in [3.63, 3.8) is 0 Å². The van der Waals surface area contributed by atoms with Crippen molar-refractivity contribution >= 4 is 34.0 Å². The maximum absolute atomic E-state index is 9.31. The highest BCUT2D eigenvalue weighted by Crippen LogP contribution is 2.53. The topological polar surface area (TPSA) is 53.1 Å². The van der Waals surface area contributed by atoms with E-state index in [1.807, 2.05) is 12.3 Å². The Balaban J connectivity index is 1.20. The Morgan fingerprint density at radius 3 is 2.83 bits per heavy atom. The van der Waals surface area contributed by atoms with E-state index < -0.39 is 0 Å². The quantitative estimate of drug-likeness (QED) is 0.272. The van der Waals surface area contributed by atoms with Crippen molar-refractivity contribution in [1.29, 1.82) is 5.26 Å². The van der Waals surface area contributed by atoms with Gasteiger partial charge in [0.05, 0.1) is 11.6 Å². The number of anilines is 2. The largest absolute Gasteiger partial charge is 0.456 e. The SMILES string of the molecule is N#Cc1cncc(C2=CCC(c3ccccc3N3c4ccc5c6c(oc5c4C4C=CC=CC43)C=CCC6)CC2)c1. The monoisotopic (exact) mass is 519 g/mol. The predicted octanol–water partition coefficient (Wildman–Crippen LogP) is 8.74. The summed E-state index contributed by atoms with van der Waals surface area (Å²) in [5, 5.41) is 10.6. The summed E-state index contributed by atoms with van der Waals surface area (Å²) in [6, 6.07) is 18.0. The minimum Gasteiger partial charge on any atom is -0.456 e. The molecule has 3 unspecified atom stereocenters. The summed E-state index contributed by atoms with van der Waals surface area (Å²) < 4.78 is 6.58. The molecule has 8 rings (SSSR count). The van der Waals surface area contributed by atoms with Gasteiger partial charge >= 0.3 is 0 Å². The Bertz CT molecular complexity index is 1830. The Morgan fingerprint density at radius 2 is 1.93 bits per heavy atom. The van der Waals surface area contributed by atoms with Crippen molar-refractivity contribution < 1.29 is 4.42 Å². The molecule has 1 aliphatic heterocycles. The molecule has 0 saturated carbocycles. The van der Waals surface area contributed by atoms with Crippen LogP contribution >= 0.6 is 0 Å². The molecule has 3 aliphatic carbocycles. The van der Waals surface area contributed by atoms with Crippen molar-refractivity contribution in [2.24, 2.45) is 0 Å². The zero-order valence-electron chi connectivity index (χ0n) is 22.3. The van der Waals surface area contributed by atoms with Gasteiger partial charge in [0.2, 0.25) is 0 Å². The smallest absolute Gasteiger partial charge is 0.141 e. The first-order valence-electron chi connectivity index (χ1n) is 14.3. The molecule has 40 heavy (non-hydrogen) atoms. The summed E-state index contributed by atoms with van der Waals surface area (Å²) >= 11 is 0. The number of nitrogens with zero attached hydrogens (tertiary/aromatic N) is 3. The number of hydrogen-bond donors (Lipinski definition) is 0. The fraction of sp³-hybridized carbons (Fsp3) is 0.222. The summed E-state index contributed by atoms with van der Waals surface area (Å²) in [5.41, 5.74) is 10.7. The van der Waals surface area contributed by atoms with Crippen LogP contribution in [0.25, 0.3) is 22.6 Å². The predicted molar refractivity (Wildman–Crippen MR) is 160 cm³/mol. The Labute approximate surface area is 234 Å². The average Bonchev–Trinajstić information content (AvgIpc) is 3.57. The van der Waals surface area contributed by atoms with Crippen molar-refractivity contribution in [2.75, 3.05) is 4.90 Å². The number of para-hydroxylation sites is 1. The highest BCUT2D eigenvalue weighted by atomic mass is 16.3. The molecular weight excluding hydrogens is 490 g/mol. The average molecular weight is 520 g/mol. The van der Waals surface area contributed by atoms with Crippen LogP contribution < -0.4 is 4.90 Å². The normalized spacial score (nSPS) is 22.5. The molecular formula is C36H29N3O. The van der Waals surface area contributed by atoms with Gasteiger partial charge in [-0.25, -0.2) is 0 Å². The first kappa shape index (κ1) is 23.3. The van der Waals surface area contributed by atoms with Crippen LogP contribution in [0.5, 0.6) is 0 Å². The van der Waals surface area contributed by atoms with Crippen LogP contribution in [0.4, 0.5) is 11.4 Å². The second kappa shape index (κ2) is 9.24. The van der Waals surface area contributed by atoms with Gasteiger partial charge in [0.15, 0.2) is 0 Å². The van der Waals surface area contributed by atoms with E-state index in [0.29, 0.717) is 11.5 Å². The van der Waals surface area contributed by atoms with E-state index in [1.165, 1.54) is 39.0 Å². The van der Waals surface area contributed by atoms with E-state index in [1.54, 1.807) is 6.20 Å². The molecule has 0 spiro atoms. The fourth-order valence-corrected chi connectivity index (χ4v) is 7.25. The molecule has 4 heteroatoms. The third-order valence-electron chi connectivity index (χ3n) is 9.12. The lowest BCUT2D eigenvalue weighted by molar-refractivity contribution is 0.589. The lowest BCUT2D eigenvalue weighted by atomic mass is 9.82. The van der Waals surface area contributed by atoms with Gasteiger partial charge in [0.1, 0.15) is 17.4 Å². The van der Waals surface area contributed by atoms with Crippen LogP contribution in [0.1, 0.15) is 71.1 Å². The van der Waals surface area contributed by atoms with Crippen LogP contribution in [0.15, 0.2) is 95.7 Å². The number of aryl methyl sites for hydroxylation is 1. The zero-order valence-corrected chi connectivity index (χ0v) is 22.3. The molecule has 3 atom stereocenters. The Hall–Kier alpha value is -4.62. The summed E-state index contributed by atoms with van der Waals surface area (Å²) in [5.74, 6) is 1.72. The van der Waals surface area contributed by atoms with Gasteiger partial charge in [-0.1, -0.05) is 54.7 Å².